The summed E-state index contributed by atoms with van der Waals surface area (Å²) in [6.45, 7) is 4.97. The van der Waals surface area contributed by atoms with Gasteiger partial charge in [0.25, 0.3) is 0 Å². The Labute approximate surface area is 251 Å². The summed E-state index contributed by atoms with van der Waals surface area (Å²) < 4.78 is 10.6. The molecule has 1 aliphatic heterocycles. The fraction of sp³-hybridized carbons (Fsp3) is 0.294. The molecule has 8 heteroatoms. The van der Waals surface area contributed by atoms with E-state index < -0.39 is 5.97 Å². The highest BCUT2D eigenvalue weighted by molar-refractivity contribution is 7.18. The molecule has 5 rings (SSSR count). The Balaban J connectivity index is 1.38. The van der Waals surface area contributed by atoms with Crippen molar-refractivity contribution in [2.24, 2.45) is 0 Å². The monoisotopic (exact) mass is 583 g/mol. The number of hydrogen-bond acceptors (Lipinski definition) is 6. The van der Waals surface area contributed by atoms with Gasteiger partial charge in [0.1, 0.15) is 4.88 Å². The van der Waals surface area contributed by atoms with Crippen molar-refractivity contribution in [1.29, 1.82) is 0 Å². The van der Waals surface area contributed by atoms with E-state index in [4.69, 9.17) is 9.47 Å². The smallest absolute Gasteiger partial charge is 0.350 e. The van der Waals surface area contributed by atoms with Crippen molar-refractivity contribution in [2.75, 3.05) is 58.4 Å². The van der Waals surface area contributed by atoms with Gasteiger partial charge in [-0.05, 0) is 29.2 Å². The van der Waals surface area contributed by atoms with Gasteiger partial charge in [-0.15, -0.1) is 11.3 Å². The Hall–Kier alpha value is -3.98. The number of carbonyl (C=O) groups is 2. The average Bonchev–Trinajstić information content (AvgIpc) is 3.47. The van der Waals surface area contributed by atoms with Crippen LogP contribution in [0.4, 0.5) is 10.5 Å². The molecule has 0 aliphatic carbocycles. The molecular weight excluding hydrogens is 546 g/mol. The predicted molar refractivity (Wildman–Crippen MR) is 168 cm³/mol. The van der Waals surface area contributed by atoms with E-state index in [-0.39, 0.29) is 11.9 Å². The second-order valence-electron chi connectivity index (χ2n) is 10.2. The Bertz CT molecular complexity index is 1380. The molecule has 0 radical (unpaired) electrons. The quantitative estimate of drug-likeness (QED) is 0.202. The van der Waals surface area contributed by atoms with Crippen LogP contribution in [0, 0.1) is 0 Å². The zero-order chi connectivity index (χ0) is 29.1. The lowest BCUT2D eigenvalue weighted by Gasteiger charge is -2.31. The van der Waals surface area contributed by atoms with Crippen molar-refractivity contribution in [1.82, 2.24) is 9.80 Å². The summed E-state index contributed by atoms with van der Waals surface area (Å²) in [5, 5.41) is 3.06. The Kier molecular flexibility index (Phi) is 10.4. The van der Waals surface area contributed by atoms with Crippen LogP contribution in [0.2, 0.25) is 0 Å². The van der Waals surface area contributed by atoms with E-state index in [2.05, 4.69) is 58.7 Å². The van der Waals surface area contributed by atoms with Gasteiger partial charge in [-0.25, -0.2) is 9.59 Å². The molecule has 0 saturated carbocycles. The number of urea groups is 1. The first-order valence-electron chi connectivity index (χ1n) is 14.4. The number of ether oxygens (including phenoxy) is 2. The van der Waals surface area contributed by atoms with E-state index in [0.717, 1.165) is 36.5 Å². The third kappa shape index (κ3) is 7.64. The lowest BCUT2D eigenvalue weighted by molar-refractivity contribution is 0.0351. The first kappa shape index (κ1) is 29.5. The third-order valence-corrected chi connectivity index (χ3v) is 8.74. The van der Waals surface area contributed by atoms with E-state index in [9.17, 15) is 9.59 Å². The number of amides is 2. The van der Waals surface area contributed by atoms with Crippen molar-refractivity contribution >= 4 is 29.0 Å². The molecule has 218 valence electrons. The van der Waals surface area contributed by atoms with E-state index in [1.807, 2.05) is 53.4 Å². The second kappa shape index (κ2) is 14.8. The molecule has 0 atom stereocenters. The summed E-state index contributed by atoms with van der Waals surface area (Å²) in [6, 6.07) is 32.3. The zero-order valence-electron chi connectivity index (χ0n) is 23.9. The highest BCUT2D eigenvalue weighted by Crippen LogP contribution is 2.35. The van der Waals surface area contributed by atoms with Gasteiger partial charge in [-0.2, -0.15) is 0 Å². The molecule has 42 heavy (non-hydrogen) atoms. The minimum absolute atomic E-state index is 0.141. The first-order chi connectivity index (χ1) is 20.6. The summed E-state index contributed by atoms with van der Waals surface area (Å²) in [5.74, 6) is -0.326. The van der Waals surface area contributed by atoms with Crippen LogP contribution in [0.25, 0.3) is 10.4 Å². The summed E-state index contributed by atoms with van der Waals surface area (Å²) >= 11 is 1.32. The second-order valence-corrected chi connectivity index (χ2v) is 11.3. The number of rotatable bonds is 11. The number of carbonyl (C=O) groups excluding carboxylic acids is 2. The topological polar surface area (TPSA) is 71.1 Å². The maximum absolute atomic E-state index is 13.9. The van der Waals surface area contributed by atoms with Gasteiger partial charge in [0.2, 0.25) is 0 Å². The number of nitrogens with zero attached hydrogens (tertiary/aromatic N) is 2. The molecular formula is C34H37N3O4S. The average molecular weight is 584 g/mol. The lowest BCUT2D eigenvalue weighted by atomic mass is 9.88. The highest BCUT2D eigenvalue weighted by atomic mass is 32.1. The molecule has 7 nitrogen and oxygen atoms in total. The van der Waals surface area contributed by atoms with Crippen molar-refractivity contribution in [3.8, 4) is 10.4 Å². The van der Waals surface area contributed by atoms with Gasteiger partial charge in [0, 0.05) is 43.5 Å². The van der Waals surface area contributed by atoms with Crippen molar-refractivity contribution in [2.45, 2.75) is 12.3 Å². The Morgan fingerprint density at radius 2 is 1.50 bits per heavy atom. The largest absolute Gasteiger partial charge is 0.465 e. The third-order valence-electron chi connectivity index (χ3n) is 7.57. The molecule has 0 unspecified atom stereocenters. The molecule has 2 heterocycles. The molecule has 1 aliphatic rings. The Morgan fingerprint density at radius 1 is 0.905 bits per heavy atom. The number of hydrogen-bond donors (Lipinski definition) is 1. The van der Waals surface area contributed by atoms with Gasteiger partial charge in [-0.3, -0.25) is 4.90 Å². The van der Waals surface area contributed by atoms with Crippen LogP contribution in [-0.2, 0) is 9.47 Å². The maximum atomic E-state index is 13.9. The number of esters is 1. The molecule has 1 aromatic heterocycles. The van der Waals surface area contributed by atoms with E-state index >= 15 is 0 Å². The van der Waals surface area contributed by atoms with Crippen molar-refractivity contribution < 1.29 is 19.1 Å². The fourth-order valence-electron chi connectivity index (χ4n) is 5.25. The van der Waals surface area contributed by atoms with Crippen molar-refractivity contribution in [3.63, 3.8) is 0 Å². The van der Waals surface area contributed by atoms with Crippen molar-refractivity contribution in [3.05, 3.63) is 113 Å². The van der Waals surface area contributed by atoms with Crippen LogP contribution < -0.4 is 5.32 Å². The van der Waals surface area contributed by atoms with Crippen LogP contribution >= 0.6 is 11.3 Å². The lowest BCUT2D eigenvalue weighted by Crippen LogP contribution is -2.44. The van der Waals surface area contributed by atoms with Crippen LogP contribution in [0.1, 0.15) is 33.1 Å². The van der Waals surface area contributed by atoms with Crippen LogP contribution in [0.5, 0.6) is 0 Å². The summed E-state index contributed by atoms with van der Waals surface area (Å²) in [6.07, 6.45) is 0.757. The molecule has 1 fully saturated rings. The SMILES string of the molecule is COC(=O)c1sc(-c2ccccc2)cc1NC(=O)N(CCC(c1ccccc1)c1ccccc1)CCN1CCOCC1. The number of methoxy groups -OCH3 is 1. The minimum Gasteiger partial charge on any atom is -0.465 e. The standard InChI is InChI=1S/C34H37N3O4S/c1-40-33(38)32-30(25-31(42-32)28-15-9-4-10-16-28)35-34(39)37(20-19-36-21-23-41-24-22-36)18-17-29(26-11-5-2-6-12-26)27-13-7-3-8-14-27/h2-16,25,29H,17-24H2,1H3,(H,35,39). The normalized spacial score (nSPS) is 13.6. The number of thiophene rings is 1. The molecule has 2 amide bonds. The number of benzene rings is 3. The van der Waals surface area contributed by atoms with Gasteiger partial charge >= 0.3 is 12.0 Å². The van der Waals surface area contributed by atoms with E-state index in [1.165, 1.54) is 29.6 Å². The van der Waals surface area contributed by atoms with Gasteiger partial charge in [0.05, 0.1) is 26.0 Å². The molecule has 0 spiro atoms. The van der Waals surface area contributed by atoms with E-state index in [0.29, 0.717) is 36.9 Å². The van der Waals surface area contributed by atoms with Crippen LogP contribution in [-0.4, -0.2) is 74.8 Å². The van der Waals surface area contributed by atoms with E-state index in [1.54, 1.807) is 0 Å². The number of morpholine rings is 1. The van der Waals surface area contributed by atoms with Crippen LogP contribution in [0.15, 0.2) is 97.1 Å². The maximum Gasteiger partial charge on any atom is 0.350 e. The molecule has 0 bridgehead atoms. The van der Waals surface area contributed by atoms with Gasteiger partial charge in [-0.1, -0.05) is 91.0 Å². The van der Waals surface area contributed by atoms with Crippen LogP contribution in [0.3, 0.4) is 0 Å². The molecule has 3 aromatic carbocycles. The molecule has 1 N–H and O–H groups in total. The minimum atomic E-state index is -0.467. The summed E-state index contributed by atoms with van der Waals surface area (Å²) in [5.41, 5.74) is 3.88. The highest BCUT2D eigenvalue weighted by Gasteiger charge is 2.24. The fourth-order valence-corrected chi connectivity index (χ4v) is 6.29. The predicted octanol–water partition coefficient (Wildman–Crippen LogP) is 6.59. The van der Waals surface area contributed by atoms with Gasteiger partial charge in [0.15, 0.2) is 0 Å². The molecule has 1 saturated heterocycles. The summed E-state index contributed by atoms with van der Waals surface area (Å²) in [4.78, 5) is 32.1. The Morgan fingerprint density at radius 3 is 2.10 bits per heavy atom. The zero-order valence-corrected chi connectivity index (χ0v) is 24.7. The summed E-state index contributed by atoms with van der Waals surface area (Å²) in [7, 11) is 1.36. The first-order valence-corrected chi connectivity index (χ1v) is 15.2. The van der Waals surface area contributed by atoms with Gasteiger partial charge < -0.3 is 19.7 Å². The number of nitrogens with one attached hydrogen (secondary N) is 1. The molecule has 4 aromatic rings. The number of anilines is 1.